The van der Waals surface area contributed by atoms with E-state index in [2.05, 4.69) is 15.8 Å². The Hall–Kier alpha value is -3.70. The number of benzene rings is 2. The fourth-order valence-electron chi connectivity index (χ4n) is 3.31. The number of rotatable bonds is 10. The van der Waals surface area contributed by atoms with Gasteiger partial charge in [0, 0.05) is 14.1 Å². The number of nitrogens with zero attached hydrogens (tertiary/aromatic N) is 2. The van der Waals surface area contributed by atoms with Gasteiger partial charge in [-0.1, -0.05) is 24.4 Å². The molecule has 2 aromatic carbocycles. The first-order chi connectivity index (χ1) is 16.8. The monoisotopic (exact) mass is 515 g/mol. The third-order valence-electron chi connectivity index (χ3n) is 5.15. The summed E-state index contributed by atoms with van der Waals surface area (Å²) in [6.07, 6.45) is 0. The largest absolute Gasteiger partial charge is 0.497 e. The Bertz CT molecular complexity index is 1110. The molecule has 11 heteroatoms. The fraction of sp³-hybridized carbons (Fsp3) is 0.250. The number of methoxy groups -OCH3 is 4. The number of hydrazine groups is 2. The highest BCUT2D eigenvalue weighted by atomic mass is 32.1. The molecule has 0 atom stereocenters. The van der Waals surface area contributed by atoms with Crippen LogP contribution in [0.5, 0.6) is 23.0 Å². The van der Waals surface area contributed by atoms with Gasteiger partial charge in [0.25, 0.3) is 0 Å². The van der Waals surface area contributed by atoms with Crippen LogP contribution in [-0.4, -0.2) is 67.5 Å². The van der Waals surface area contributed by atoms with Crippen molar-refractivity contribution in [1.82, 2.24) is 15.0 Å². The third-order valence-corrected chi connectivity index (χ3v) is 6.13. The number of hydrogen-bond acceptors (Lipinski definition) is 8. The van der Waals surface area contributed by atoms with E-state index in [9.17, 15) is 0 Å². The second kappa shape index (κ2) is 11.6. The first-order valence-electron chi connectivity index (χ1n) is 10.5. The predicted octanol–water partition coefficient (Wildman–Crippen LogP) is 4.32. The second-order valence-electron chi connectivity index (χ2n) is 7.37. The molecule has 1 aromatic heterocycles. The van der Waals surface area contributed by atoms with Gasteiger partial charge in [-0.15, -0.1) is 0 Å². The van der Waals surface area contributed by atoms with Crippen LogP contribution in [-0.2, 0) is 0 Å². The van der Waals surface area contributed by atoms with E-state index >= 15 is 0 Å². The maximum absolute atomic E-state index is 5.66. The van der Waals surface area contributed by atoms with Gasteiger partial charge < -0.3 is 23.9 Å². The van der Waals surface area contributed by atoms with Gasteiger partial charge in [-0.3, -0.25) is 20.9 Å². The van der Waals surface area contributed by atoms with E-state index in [0.29, 0.717) is 33.0 Å². The summed E-state index contributed by atoms with van der Waals surface area (Å²) in [5, 5.41) is 3.44. The molecule has 3 rings (SSSR count). The van der Waals surface area contributed by atoms with Gasteiger partial charge >= 0.3 is 0 Å². The lowest BCUT2D eigenvalue weighted by atomic mass is 10.2. The average Bonchev–Trinajstić information content (AvgIpc) is 3.32. The zero-order valence-electron chi connectivity index (χ0n) is 20.5. The molecule has 3 N–H and O–H groups in total. The van der Waals surface area contributed by atoms with Crippen molar-refractivity contribution in [3.05, 3.63) is 59.7 Å². The summed E-state index contributed by atoms with van der Waals surface area (Å²) >= 11 is 11.3. The molecular weight excluding hydrogens is 486 g/mol. The van der Waals surface area contributed by atoms with Crippen LogP contribution in [0.4, 0.5) is 11.6 Å². The second-order valence-corrected chi connectivity index (χ2v) is 8.14. The molecule has 35 heavy (non-hydrogen) atoms. The molecule has 0 spiro atoms. The Balaban J connectivity index is 1.69. The van der Waals surface area contributed by atoms with E-state index in [1.807, 2.05) is 62.6 Å². The molecule has 0 aliphatic rings. The normalized spacial score (nSPS) is 10.2. The molecule has 0 fully saturated rings. The number of aromatic nitrogens is 1. The zero-order valence-corrected chi connectivity index (χ0v) is 22.1. The lowest BCUT2D eigenvalue weighted by Crippen LogP contribution is -2.32. The van der Waals surface area contributed by atoms with E-state index < -0.39 is 0 Å². The average molecular weight is 516 g/mol. The van der Waals surface area contributed by atoms with Crippen molar-refractivity contribution in [1.29, 1.82) is 0 Å². The molecule has 0 saturated carbocycles. The van der Waals surface area contributed by atoms with Crippen LogP contribution < -0.4 is 29.8 Å². The Labute approximate surface area is 215 Å². The van der Waals surface area contributed by atoms with Crippen molar-refractivity contribution in [2.24, 2.45) is 0 Å². The Morgan fingerprint density at radius 3 is 1.40 bits per heavy atom. The molecule has 0 saturated heterocycles. The van der Waals surface area contributed by atoms with Crippen molar-refractivity contribution in [3.8, 4) is 23.0 Å². The summed E-state index contributed by atoms with van der Waals surface area (Å²) in [4.78, 5) is 4.32. The number of aromatic amines is 1. The first kappa shape index (κ1) is 25.9. The highest BCUT2D eigenvalue weighted by Crippen LogP contribution is 2.27. The van der Waals surface area contributed by atoms with E-state index in [1.54, 1.807) is 38.5 Å². The number of nitrogens with one attached hydrogen (secondary N) is 3. The van der Waals surface area contributed by atoms with Crippen LogP contribution in [0.2, 0.25) is 0 Å². The fourth-order valence-corrected chi connectivity index (χ4v) is 3.72. The molecule has 9 nitrogen and oxygen atoms in total. The van der Waals surface area contributed by atoms with Crippen molar-refractivity contribution in [2.45, 2.75) is 0 Å². The quantitative estimate of drug-likeness (QED) is 0.268. The highest BCUT2D eigenvalue weighted by Gasteiger charge is 2.17. The molecule has 0 amide bonds. The van der Waals surface area contributed by atoms with Gasteiger partial charge in [-0.05, 0) is 48.5 Å². The Morgan fingerprint density at radius 1 is 0.657 bits per heavy atom. The topological polar surface area (TPSA) is 83.2 Å². The molecule has 0 radical (unpaired) electrons. The van der Waals surface area contributed by atoms with Gasteiger partial charge in [0.1, 0.15) is 44.6 Å². The summed E-state index contributed by atoms with van der Waals surface area (Å²) in [5.41, 5.74) is 7.93. The minimum Gasteiger partial charge on any atom is -0.497 e. The number of anilines is 2. The van der Waals surface area contributed by atoms with Gasteiger partial charge in [-0.25, -0.2) is 0 Å². The molecule has 0 aliphatic heterocycles. The van der Waals surface area contributed by atoms with E-state index in [-0.39, 0.29) is 0 Å². The maximum Gasteiger partial charge on any atom is 0.131 e. The summed E-state index contributed by atoms with van der Waals surface area (Å²) in [6.45, 7) is 0. The number of H-pyrrole nitrogens is 1. The molecule has 3 aromatic rings. The molecular formula is C24H29N5O4S2. The minimum absolute atomic E-state index is 0.535. The summed E-state index contributed by atoms with van der Waals surface area (Å²) in [7, 11) is 10.1. The van der Waals surface area contributed by atoms with Gasteiger partial charge in [-0.2, -0.15) is 0 Å². The Morgan fingerprint density at radius 2 is 1.06 bits per heavy atom. The predicted molar refractivity (Wildman–Crippen MR) is 146 cm³/mol. The lowest BCUT2D eigenvalue weighted by Gasteiger charge is -2.24. The maximum atomic E-state index is 5.66. The van der Waals surface area contributed by atoms with Gasteiger partial charge in [0.15, 0.2) is 0 Å². The summed E-state index contributed by atoms with van der Waals surface area (Å²) in [5.74, 6) is 4.13. The number of hydrogen-bond donors (Lipinski definition) is 3. The summed E-state index contributed by atoms with van der Waals surface area (Å²) in [6, 6.07) is 14.7. The van der Waals surface area contributed by atoms with Crippen molar-refractivity contribution < 1.29 is 18.9 Å². The molecule has 0 aliphatic carbocycles. The zero-order chi connectivity index (χ0) is 25.5. The number of thiocarbonyl (C=S) groups is 2. The van der Waals surface area contributed by atoms with Crippen molar-refractivity contribution in [2.75, 3.05) is 53.4 Å². The lowest BCUT2D eigenvalue weighted by molar-refractivity contribution is 0.401. The van der Waals surface area contributed by atoms with Crippen LogP contribution in [0.1, 0.15) is 11.1 Å². The first-order valence-corrected chi connectivity index (χ1v) is 11.3. The van der Waals surface area contributed by atoms with Crippen LogP contribution in [0.15, 0.2) is 48.5 Å². The SMILES string of the molecule is COc1ccc(OC)c(C(=S)N(C)Nc2ccc(NN(C)C(=S)c3cc(OC)ccc3OC)[nH]2)c1. The van der Waals surface area contributed by atoms with Crippen LogP contribution in [0.25, 0.3) is 0 Å². The third kappa shape index (κ3) is 6.06. The van der Waals surface area contributed by atoms with Crippen LogP contribution in [0, 0.1) is 0 Å². The van der Waals surface area contributed by atoms with Crippen LogP contribution >= 0.6 is 24.4 Å². The van der Waals surface area contributed by atoms with Gasteiger partial charge in [0.2, 0.25) is 0 Å². The molecule has 186 valence electrons. The van der Waals surface area contributed by atoms with E-state index in [1.165, 1.54) is 0 Å². The van der Waals surface area contributed by atoms with Gasteiger partial charge in [0.05, 0.1) is 39.6 Å². The van der Waals surface area contributed by atoms with Crippen molar-refractivity contribution in [3.63, 3.8) is 0 Å². The van der Waals surface area contributed by atoms with Crippen molar-refractivity contribution >= 4 is 46.0 Å². The van der Waals surface area contributed by atoms with E-state index in [0.717, 1.165) is 22.8 Å². The standard InChI is InChI=1S/C24H29N5O4S2/c1-28(23(34)17-13-15(30-3)7-9-19(17)32-5)26-21-11-12-22(25-21)27-29(2)24(35)18-14-16(31-4)8-10-20(18)33-6/h7-14,25-27H,1-6H3. The van der Waals surface area contributed by atoms with Crippen LogP contribution in [0.3, 0.4) is 0 Å². The smallest absolute Gasteiger partial charge is 0.131 e. The molecule has 0 unspecified atom stereocenters. The highest BCUT2D eigenvalue weighted by molar-refractivity contribution is 7.81. The summed E-state index contributed by atoms with van der Waals surface area (Å²) < 4.78 is 21.6. The number of ether oxygens (including phenoxy) is 4. The molecule has 1 heterocycles. The Kier molecular flexibility index (Phi) is 8.61. The molecule has 0 bridgehead atoms. The minimum atomic E-state index is 0.535. The van der Waals surface area contributed by atoms with E-state index in [4.69, 9.17) is 43.4 Å².